The number of amides is 1. The van der Waals surface area contributed by atoms with Crippen molar-refractivity contribution in [3.05, 3.63) is 35.9 Å². The number of benzene rings is 1. The van der Waals surface area contributed by atoms with Gasteiger partial charge in [-0.3, -0.25) is 10.1 Å². The molecule has 0 saturated carbocycles. The smallest absolute Gasteiger partial charge is 0.237 e. The van der Waals surface area contributed by atoms with Crippen LogP contribution in [0.3, 0.4) is 0 Å². The van der Waals surface area contributed by atoms with Crippen molar-refractivity contribution in [1.82, 2.24) is 10.6 Å². The number of aliphatic hydroxyl groups is 1. The maximum absolute atomic E-state index is 11.6. The average Bonchev–Trinajstić information content (AvgIpc) is 2.42. The summed E-state index contributed by atoms with van der Waals surface area (Å²) in [7, 11) is 0. The second kappa shape index (κ2) is 7.49. The number of carbonyl (C=O) groups is 1. The van der Waals surface area contributed by atoms with Crippen molar-refractivity contribution in [3.8, 4) is 12.3 Å². The molecule has 2 unspecified atom stereocenters. The molecule has 0 saturated heterocycles. The Morgan fingerprint density at radius 2 is 2.11 bits per heavy atom. The summed E-state index contributed by atoms with van der Waals surface area (Å²) in [6.07, 6.45) is 5.07. The first-order chi connectivity index (χ1) is 8.69. The Balaban J connectivity index is 2.59. The normalized spacial score (nSPS) is 13.4. The van der Waals surface area contributed by atoms with Gasteiger partial charge in [0.2, 0.25) is 5.91 Å². The molecule has 0 aliphatic heterocycles. The molecule has 0 fully saturated rings. The third kappa shape index (κ3) is 4.21. The Labute approximate surface area is 107 Å². The highest BCUT2D eigenvalue weighted by molar-refractivity contribution is 5.81. The lowest BCUT2D eigenvalue weighted by Gasteiger charge is -2.21. The molecule has 0 spiro atoms. The van der Waals surface area contributed by atoms with Crippen LogP contribution in [0, 0.1) is 12.3 Å². The third-order valence-electron chi connectivity index (χ3n) is 2.59. The number of aliphatic hydroxyl groups excluding tert-OH is 1. The highest BCUT2D eigenvalue weighted by Gasteiger charge is 2.17. The summed E-state index contributed by atoms with van der Waals surface area (Å²) in [5.41, 5.74) is 0.941. The lowest BCUT2D eigenvalue weighted by molar-refractivity contribution is -0.122. The molecule has 4 nitrogen and oxygen atoms in total. The van der Waals surface area contributed by atoms with Gasteiger partial charge in [-0.05, 0) is 12.5 Å². The minimum absolute atomic E-state index is 0.0726. The lowest BCUT2D eigenvalue weighted by atomic mass is 10.1. The topological polar surface area (TPSA) is 61.4 Å². The molecule has 3 N–H and O–H groups in total. The summed E-state index contributed by atoms with van der Waals surface area (Å²) in [4.78, 5) is 11.6. The van der Waals surface area contributed by atoms with Crippen LogP contribution in [-0.2, 0) is 4.79 Å². The van der Waals surface area contributed by atoms with E-state index in [1.54, 1.807) is 6.92 Å². The fourth-order valence-electron chi connectivity index (χ4n) is 1.61. The summed E-state index contributed by atoms with van der Waals surface area (Å²) in [5, 5.41) is 15.0. The molecule has 1 rings (SSSR count). The maximum Gasteiger partial charge on any atom is 0.237 e. The molecule has 0 aliphatic carbocycles. The van der Waals surface area contributed by atoms with Gasteiger partial charge in [0.1, 0.15) is 0 Å². The van der Waals surface area contributed by atoms with Crippen LogP contribution < -0.4 is 10.6 Å². The number of hydrogen-bond donors (Lipinski definition) is 3. The van der Waals surface area contributed by atoms with Gasteiger partial charge >= 0.3 is 0 Å². The molecule has 0 radical (unpaired) electrons. The van der Waals surface area contributed by atoms with E-state index in [0.717, 1.165) is 5.56 Å². The van der Waals surface area contributed by atoms with Gasteiger partial charge in [-0.15, -0.1) is 6.42 Å². The molecular weight excluding hydrogens is 228 g/mol. The van der Waals surface area contributed by atoms with E-state index in [0.29, 0.717) is 0 Å². The van der Waals surface area contributed by atoms with Crippen LogP contribution in [0.1, 0.15) is 18.5 Å². The van der Waals surface area contributed by atoms with Crippen molar-refractivity contribution in [1.29, 1.82) is 0 Å². The molecule has 4 heteroatoms. The van der Waals surface area contributed by atoms with Crippen molar-refractivity contribution < 1.29 is 9.90 Å². The van der Waals surface area contributed by atoms with Crippen LogP contribution in [0.15, 0.2) is 30.3 Å². The number of terminal acetylenes is 1. The van der Waals surface area contributed by atoms with Crippen LogP contribution >= 0.6 is 0 Å². The zero-order chi connectivity index (χ0) is 13.4. The van der Waals surface area contributed by atoms with Gasteiger partial charge in [0.25, 0.3) is 0 Å². The predicted molar refractivity (Wildman–Crippen MR) is 70.7 cm³/mol. The van der Waals surface area contributed by atoms with Crippen LogP contribution in [-0.4, -0.2) is 30.2 Å². The summed E-state index contributed by atoms with van der Waals surface area (Å²) in [6, 6.07) is 8.81. The standard InChI is InChI=1S/C14H18N2O2/c1-3-9-15-14(18)11(2)16-13(10-17)12-7-5-4-6-8-12/h1,4-8,11,13,16-17H,9-10H2,2H3,(H,15,18). The predicted octanol–water partition coefficient (Wildman–Crippen LogP) is 0.447. The quantitative estimate of drug-likeness (QED) is 0.639. The minimum Gasteiger partial charge on any atom is -0.394 e. The highest BCUT2D eigenvalue weighted by atomic mass is 16.3. The lowest BCUT2D eigenvalue weighted by Crippen LogP contribution is -2.44. The molecule has 1 amide bonds. The molecule has 2 atom stereocenters. The second-order valence-electron chi connectivity index (χ2n) is 3.96. The summed E-state index contributed by atoms with van der Waals surface area (Å²) in [6.45, 7) is 1.87. The van der Waals surface area contributed by atoms with Gasteiger partial charge in [-0.1, -0.05) is 36.3 Å². The average molecular weight is 246 g/mol. The third-order valence-corrected chi connectivity index (χ3v) is 2.59. The van der Waals surface area contributed by atoms with Gasteiger partial charge in [-0.2, -0.15) is 0 Å². The number of rotatable bonds is 6. The molecular formula is C14H18N2O2. The van der Waals surface area contributed by atoms with E-state index in [2.05, 4.69) is 16.6 Å². The van der Waals surface area contributed by atoms with Gasteiger partial charge in [0.05, 0.1) is 25.2 Å². The first-order valence-corrected chi connectivity index (χ1v) is 5.82. The molecule has 0 bridgehead atoms. The number of hydrogen-bond acceptors (Lipinski definition) is 3. The number of carbonyl (C=O) groups excluding carboxylic acids is 1. The van der Waals surface area contributed by atoms with E-state index in [-0.39, 0.29) is 25.1 Å². The van der Waals surface area contributed by atoms with E-state index < -0.39 is 6.04 Å². The summed E-state index contributed by atoms with van der Waals surface area (Å²) >= 11 is 0. The second-order valence-corrected chi connectivity index (χ2v) is 3.96. The number of nitrogens with one attached hydrogen (secondary N) is 2. The Hall–Kier alpha value is -1.83. The molecule has 0 heterocycles. The van der Waals surface area contributed by atoms with Crippen molar-refractivity contribution in [2.75, 3.05) is 13.2 Å². The summed E-state index contributed by atoms with van der Waals surface area (Å²) in [5.74, 6) is 2.16. The highest BCUT2D eigenvalue weighted by Crippen LogP contribution is 2.12. The van der Waals surface area contributed by atoms with Crippen molar-refractivity contribution in [2.24, 2.45) is 0 Å². The van der Waals surface area contributed by atoms with Gasteiger partial charge in [0.15, 0.2) is 0 Å². The van der Waals surface area contributed by atoms with Crippen LogP contribution in [0.4, 0.5) is 0 Å². The van der Waals surface area contributed by atoms with E-state index >= 15 is 0 Å². The Morgan fingerprint density at radius 3 is 2.67 bits per heavy atom. The Bertz CT molecular complexity index is 412. The fraction of sp³-hybridized carbons (Fsp3) is 0.357. The Morgan fingerprint density at radius 1 is 1.44 bits per heavy atom. The van der Waals surface area contributed by atoms with Crippen molar-refractivity contribution >= 4 is 5.91 Å². The monoisotopic (exact) mass is 246 g/mol. The van der Waals surface area contributed by atoms with E-state index in [1.165, 1.54) is 0 Å². The largest absolute Gasteiger partial charge is 0.394 e. The molecule has 96 valence electrons. The SMILES string of the molecule is C#CCNC(=O)C(C)NC(CO)c1ccccc1. The zero-order valence-electron chi connectivity index (χ0n) is 10.4. The molecule has 1 aromatic rings. The van der Waals surface area contributed by atoms with Gasteiger partial charge < -0.3 is 10.4 Å². The van der Waals surface area contributed by atoms with Crippen LogP contribution in [0.5, 0.6) is 0 Å². The zero-order valence-corrected chi connectivity index (χ0v) is 10.4. The molecule has 1 aromatic carbocycles. The van der Waals surface area contributed by atoms with Crippen LogP contribution in [0.2, 0.25) is 0 Å². The first-order valence-electron chi connectivity index (χ1n) is 5.82. The van der Waals surface area contributed by atoms with Crippen molar-refractivity contribution in [3.63, 3.8) is 0 Å². The molecule has 0 aromatic heterocycles. The molecule has 0 aliphatic rings. The van der Waals surface area contributed by atoms with Crippen molar-refractivity contribution in [2.45, 2.75) is 19.0 Å². The fourth-order valence-corrected chi connectivity index (χ4v) is 1.61. The first kappa shape index (κ1) is 14.2. The minimum atomic E-state index is -0.421. The van der Waals surface area contributed by atoms with E-state index in [1.807, 2.05) is 30.3 Å². The Kier molecular flexibility index (Phi) is 5.92. The molecule has 18 heavy (non-hydrogen) atoms. The summed E-state index contributed by atoms with van der Waals surface area (Å²) < 4.78 is 0. The van der Waals surface area contributed by atoms with E-state index in [4.69, 9.17) is 6.42 Å². The van der Waals surface area contributed by atoms with Gasteiger partial charge in [0, 0.05) is 0 Å². The maximum atomic E-state index is 11.6. The van der Waals surface area contributed by atoms with E-state index in [9.17, 15) is 9.90 Å². The van der Waals surface area contributed by atoms with Crippen LogP contribution in [0.25, 0.3) is 0 Å². The van der Waals surface area contributed by atoms with Gasteiger partial charge in [-0.25, -0.2) is 0 Å².